The van der Waals surface area contributed by atoms with Gasteiger partial charge in [0.25, 0.3) is 0 Å². The minimum Gasteiger partial charge on any atom is -0.394 e. The number of aliphatic hydroxyl groups excluding tert-OH is 1. The summed E-state index contributed by atoms with van der Waals surface area (Å²) in [6.07, 6.45) is 1.63. The van der Waals surface area contributed by atoms with Crippen LogP contribution in [-0.2, 0) is 9.53 Å². The molecule has 25 heavy (non-hydrogen) atoms. The van der Waals surface area contributed by atoms with Gasteiger partial charge in [-0.2, -0.15) is 0 Å². The van der Waals surface area contributed by atoms with Gasteiger partial charge in [0.2, 0.25) is 5.91 Å². The number of benzene rings is 1. The molecule has 1 saturated heterocycles. The normalized spacial score (nSPS) is 19.0. The van der Waals surface area contributed by atoms with Gasteiger partial charge in [-0.05, 0) is 18.5 Å². The molecule has 6 heteroatoms. The van der Waals surface area contributed by atoms with Crippen LogP contribution in [0, 0.1) is 0 Å². The van der Waals surface area contributed by atoms with Gasteiger partial charge < -0.3 is 25.4 Å². The number of amides is 1. The molecule has 1 fully saturated rings. The lowest BCUT2D eigenvalue weighted by Crippen LogP contribution is -2.36. The van der Waals surface area contributed by atoms with Crippen LogP contribution in [-0.4, -0.2) is 75.0 Å². The smallest absolute Gasteiger partial charge is 0.220 e. The van der Waals surface area contributed by atoms with E-state index in [4.69, 9.17) is 9.84 Å². The third kappa shape index (κ3) is 7.12. The fourth-order valence-corrected chi connectivity index (χ4v) is 3.32. The Morgan fingerprint density at radius 2 is 2.16 bits per heavy atom. The molecule has 1 amide bonds. The zero-order chi connectivity index (χ0) is 17.9. The molecule has 0 spiro atoms. The molecule has 0 aromatic heterocycles. The fourth-order valence-electron chi connectivity index (χ4n) is 3.32. The Bertz CT molecular complexity index is 498. The highest BCUT2D eigenvalue weighted by atomic mass is 16.5. The van der Waals surface area contributed by atoms with Crippen molar-refractivity contribution in [3.63, 3.8) is 0 Å². The number of hydrogen-bond donors (Lipinski definition) is 3. The van der Waals surface area contributed by atoms with Crippen molar-refractivity contribution in [2.75, 3.05) is 53.0 Å². The summed E-state index contributed by atoms with van der Waals surface area (Å²) >= 11 is 0. The highest BCUT2D eigenvalue weighted by Crippen LogP contribution is 2.23. The Morgan fingerprint density at radius 3 is 2.88 bits per heavy atom. The highest BCUT2D eigenvalue weighted by Gasteiger charge is 2.25. The van der Waals surface area contributed by atoms with Crippen LogP contribution in [0.15, 0.2) is 30.3 Å². The molecule has 1 aliphatic rings. The van der Waals surface area contributed by atoms with Crippen molar-refractivity contribution < 1.29 is 14.6 Å². The van der Waals surface area contributed by atoms with Gasteiger partial charge in [0.1, 0.15) is 0 Å². The lowest BCUT2D eigenvalue weighted by atomic mass is 9.95. The van der Waals surface area contributed by atoms with Crippen LogP contribution in [0.3, 0.4) is 0 Å². The lowest BCUT2D eigenvalue weighted by Gasteiger charge is -2.24. The Kier molecular flexibility index (Phi) is 8.90. The minimum atomic E-state index is 0.0728. The Balaban J connectivity index is 1.80. The molecular formula is C19H31N3O3. The zero-order valence-corrected chi connectivity index (χ0v) is 15.1. The van der Waals surface area contributed by atoms with Crippen LogP contribution in [0.2, 0.25) is 0 Å². The molecule has 0 bridgehead atoms. The molecule has 0 radical (unpaired) electrons. The van der Waals surface area contributed by atoms with Crippen LogP contribution >= 0.6 is 0 Å². The molecule has 3 N–H and O–H groups in total. The average molecular weight is 349 g/mol. The molecule has 2 atom stereocenters. The molecule has 0 saturated carbocycles. The third-order valence-corrected chi connectivity index (χ3v) is 4.65. The number of nitrogens with zero attached hydrogens (tertiary/aromatic N) is 1. The first-order valence-corrected chi connectivity index (χ1v) is 9.12. The van der Waals surface area contributed by atoms with Gasteiger partial charge in [0.05, 0.1) is 19.8 Å². The second-order valence-corrected chi connectivity index (χ2v) is 6.52. The molecule has 1 heterocycles. The lowest BCUT2D eigenvalue weighted by molar-refractivity contribution is -0.121. The summed E-state index contributed by atoms with van der Waals surface area (Å²) < 4.78 is 5.28. The summed E-state index contributed by atoms with van der Waals surface area (Å²) in [4.78, 5) is 14.3. The van der Waals surface area contributed by atoms with Crippen LogP contribution in [0.5, 0.6) is 0 Å². The SMILES string of the molecule is CNC(=O)C[C@H](CN1CC[C@H](NCCOCCO)C1)c1ccccc1. The summed E-state index contributed by atoms with van der Waals surface area (Å²) in [7, 11) is 1.69. The van der Waals surface area contributed by atoms with E-state index in [1.165, 1.54) is 5.56 Å². The summed E-state index contributed by atoms with van der Waals surface area (Å²) in [6, 6.07) is 10.8. The van der Waals surface area contributed by atoms with Crippen molar-refractivity contribution in [2.45, 2.75) is 24.8 Å². The quantitative estimate of drug-likeness (QED) is 0.510. The Morgan fingerprint density at radius 1 is 1.36 bits per heavy atom. The Hall–Kier alpha value is -1.47. The molecule has 1 aromatic rings. The largest absolute Gasteiger partial charge is 0.394 e. The van der Waals surface area contributed by atoms with Gasteiger partial charge in [-0.15, -0.1) is 0 Å². The maximum atomic E-state index is 11.9. The number of hydrogen-bond acceptors (Lipinski definition) is 5. The minimum absolute atomic E-state index is 0.0728. The molecule has 140 valence electrons. The van der Waals surface area contributed by atoms with E-state index >= 15 is 0 Å². The van der Waals surface area contributed by atoms with Crippen molar-refractivity contribution in [3.8, 4) is 0 Å². The first-order valence-electron chi connectivity index (χ1n) is 9.12. The highest BCUT2D eigenvalue weighted by molar-refractivity contribution is 5.76. The number of nitrogens with one attached hydrogen (secondary N) is 2. The second kappa shape index (κ2) is 11.2. The number of aliphatic hydroxyl groups is 1. The number of carbonyl (C=O) groups is 1. The number of rotatable bonds is 11. The van der Waals surface area contributed by atoms with Crippen LogP contribution in [0.25, 0.3) is 0 Å². The monoisotopic (exact) mass is 349 g/mol. The molecule has 6 nitrogen and oxygen atoms in total. The van der Waals surface area contributed by atoms with E-state index in [0.29, 0.717) is 25.7 Å². The molecular weight excluding hydrogens is 318 g/mol. The number of ether oxygens (including phenoxy) is 1. The van der Waals surface area contributed by atoms with Gasteiger partial charge in [-0.3, -0.25) is 4.79 Å². The zero-order valence-electron chi connectivity index (χ0n) is 15.1. The first-order chi connectivity index (χ1) is 12.2. The van der Waals surface area contributed by atoms with Crippen molar-refractivity contribution in [2.24, 2.45) is 0 Å². The topological polar surface area (TPSA) is 73.8 Å². The van der Waals surface area contributed by atoms with Gasteiger partial charge >= 0.3 is 0 Å². The van der Waals surface area contributed by atoms with Gasteiger partial charge in [0, 0.05) is 45.1 Å². The second-order valence-electron chi connectivity index (χ2n) is 6.52. The summed E-state index contributed by atoms with van der Waals surface area (Å²) in [5.41, 5.74) is 1.22. The summed E-state index contributed by atoms with van der Waals surface area (Å²) in [5.74, 6) is 0.302. The molecule has 2 rings (SSSR count). The van der Waals surface area contributed by atoms with E-state index in [0.717, 1.165) is 32.6 Å². The van der Waals surface area contributed by atoms with E-state index in [2.05, 4.69) is 27.7 Å². The van der Waals surface area contributed by atoms with E-state index in [1.54, 1.807) is 7.05 Å². The first kappa shape index (κ1) is 19.8. The van der Waals surface area contributed by atoms with Gasteiger partial charge in [-0.1, -0.05) is 30.3 Å². The van der Waals surface area contributed by atoms with Crippen LogP contribution in [0.4, 0.5) is 0 Å². The number of likely N-dealkylation sites (tertiary alicyclic amines) is 1. The van der Waals surface area contributed by atoms with Crippen LogP contribution in [0.1, 0.15) is 24.3 Å². The van der Waals surface area contributed by atoms with E-state index in [-0.39, 0.29) is 18.4 Å². The summed E-state index contributed by atoms with van der Waals surface area (Å²) in [6.45, 7) is 4.85. The van der Waals surface area contributed by atoms with Gasteiger partial charge in [-0.25, -0.2) is 0 Å². The fraction of sp³-hybridized carbons (Fsp3) is 0.632. The maximum Gasteiger partial charge on any atom is 0.220 e. The van der Waals surface area contributed by atoms with Crippen molar-refractivity contribution in [1.29, 1.82) is 0 Å². The van der Waals surface area contributed by atoms with E-state index in [9.17, 15) is 4.79 Å². The molecule has 0 aliphatic carbocycles. The molecule has 1 aliphatic heterocycles. The number of carbonyl (C=O) groups excluding carboxylic acids is 1. The maximum absolute atomic E-state index is 11.9. The van der Waals surface area contributed by atoms with Crippen molar-refractivity contribution in [3.05, 3.63) is 35.9 Å². The van der Waals surface area contributed by atoms with E-state index < -0.39 is 0 Å². The van der Waals surface area contributed by atoms with Crippen molar-refractivity contribution >= 4 is 5.91 Å². The van der Waals surface area contributed by atoms with Crippen LogP contribution < -0.4 is 10.6 Å². The predicted octanol–water partition coefficient (Wildman–Crippen LogP) is 0.579. The average Bonchev–Trinajstić information content (AvgIpc) is 3.09. The molecule has 1 aromatic carbocycles. The standard InChI is InChI=1S/C19H31N3O3/c1-20-19(24)13-17(16-5-3-2-4-6-16)14-22-9-7-18(15-22)21-8-11-25-12-10-23/h2-6,17-18,21,23H,7-15H2,1H3,(H,20,24)/t17-,18+/m1/s1. The molecule has 0 unspecified atom stereocenters. The van der Waals surface area contributed by atoms with Gasteiger partial charge in [0.15, 0.2) is 0 Å². The van der Waals surface area contributed by atoms with Crippen molar-refractivity contribution in [1.82, 2.24) is 15.5 Å². The summed E-state index contributed by atoms with van der Waals surface area (Å²) in [5, 5.41) is 14.9. The predicted molar refractivity (Wildman–Crippen MR) is 98.6 cm³/mol. The van der Waals surface area contributed by atoms with E-state index in [1.807, 2.05) is 18.2 Å². The third-order valence-electron chi connectivity index (χ3n) is 4.65. The Labute approximate surface area is 150 Å².